The van der Waals surface area contributed by atoms with E-state index in [1.165, 1.54) is 0 Å². The highest BCUT2D eigenvalue weighted by Gasteiger charge is 2.18. The summed E-state index contributed by atoms with van der Waals surface area (Å²) in [5, 5.41) is 8.20. The van der Waals surface area contributed by atoms with Gasteiger partial charge in [-0.25, -0.2) is 0 Å². The molecule has 0 spiro atoms. The second kappa shape index (κ2) is 10.1. The van der Waals surface area contributed by atoms with Gasteiger partial charge in [0, 0.05) is 24.6 Å². The normalized spacial score (nSPS) is 13.4. The summed E-state index contributed by atoms with van der Waals surface area (Å²) in [6, 6.07) is 6.82. The van der Waals surface area contributed by atoms with E-state index in [4.69, 9.17) is 0 Å². The van der Waals surface area contributed by atoms with Crippen LogP contribution in [-0.4, -0.2) is 36.3 Å². The van der Waals surface area contributed by atoms with Crippen LogP contribution in [0.2, 0.25) is 0 Å². The van der Waals surface area contributed by atoms with Crippen LogP contribution < -0.4 is 16.0 Å². The van der Waals surface area contributed by atoms with Gasteiger partial charge in [0.1, 0.15) is 6.04 Å². The molecule has 0 aliphatic heterocycles. The molecule has 3 N–H and O–H groups in total. The van der Waals surface area contributed by atoms with Gasteiger partial charge in [0.25, 0.3) is 5.91 Å². The van der Waals surface area contributed by atoms with Gasteiger partial charge in [-0.2, -0.15) is 0 Å². The van der Waals surface area contributed by atoms with Crippen molar-refractivity contribution >= 4 is 17.7 Å². The average Bonchev–Trinajstić information content (AvgIpc) is 2.60. The summed E-state index contributed by atoms with van der Waals surface area (Å²) in [5.41, 5.74) is 1.67. The second-order valence-corrected chi connectivity index (χ2v) is 7.94. The number of hydrogen-bond donors (Lipinski definition) is 3. The summed E-state index contributed by atoms with van der Waals surface area (Å²) in [6.45, 7) is 12.1. The Hall–Kier alpha value is -2.37. The van der Waals surface area contributed by atoms with Crippen LogP contribution in [0, 0.1) is 0 Å². The smallest absolute Gasteiger partial charge is 0.251 e. The summed E-state index contributed by atoms with van der Waals surface area (Å²) in [5.74, 6) is -0.709. The first kappa shape index (κ1) is 22.7. The third-order valence-electron chi connectivity index (χ3n) is 4.43. The van der Waals surface area contributed by atoms with Gasteiger partial charge in [0.2, 0.25) is 11.8 Å². The van der Waals surface area contributed by atoms with Gasteiger partial charge in [0.15, 0.2) is 0 Å². The quantitative estimate of drug-likeness (QED) is 0.652. The van der Waals surface area contributed by atoms with Gasteiger partial charge in [-0.15, -0.1) is 0 Å². The van der Waals surface area contributed by atoms with Crippen molar-refractivity contribution in [1.29, 1.82) is 0 Å². The van der Waals surface area contributed by atoms with Crippen molar-refractivity contribution in [2.24, 2.45) is 0 Å². The van der Waals surface area contributed by atoms with Crippen molar-refractivity contribution in [2.45, 2.75) is 71.9 Å². The molecule has 0 aliphatic carbocycles. The number of benzene rings is 1. The largest absolute Gasteiger partial charge is 0.354 e. The van der Waals surface area contributed by atoms with Gasteiger partial charge in [0.05, 0.1) is 0 Å². The van der Waals surface area contributed by atoms with Crippen LogP contribution in [0.15, 0.2) is 24.3 Å². The Morgan fingerprint density at radius 2 is 1.59 bits per heavy atom. The van der Waals surface area contributed by atoms with E-state index in [9.17, 15) is 14.4 Å². The Morgan fingerprint density at radius 3 is 2.11 bits per heavy atom. The van der Waals surface area contributed by atoms with Crippen LogP contribution in [0.1, 0.15) is 70.3 Å². The fraction of sp³-hybridized carbons (Fsp3) is 0.571. The molecule has 0 saturated carbocycles. The lowest BCUT2D eigenvalue weighted by molar-refractivity contribution is -0.123. The fourth-order valence-electron chi connectivity index (χ4n) is 2.37. The van der Waals surface area contributed by atoms with E-state index in [0.717, 1.165) is 12.0 Å². The minimum atomic E-state index is -0.683. The average molecular weight is 376 g/mol. The zero-order chi connectivity index (χ0) is 20.6. The van der Waals surface area contributed by atoms with Gasteiger partial charge < -0.3 is 16.0 Å². The molecule has 0 bridgehead atoms. The van der Waals surface area contributed by atoms with Crippen molar-refractivity contribution in [2.75, 3.05) is 6.54 Å². The highest BCUT2D eigenvalue weighted by Crippen LogP contribution is 2.22. The number of hydrogen-bond acceptors (Lipinski definition) is 3. The molecular formula is C21H33N3O3. The van der Waals surface area contributed by atoms with Gasteiger partial charge in [-0.1, -0.05) is 39.8 Å². The molecule has 0 aliphatic rings. The molecule has 6 heteroatoms. The topological polar surface area (TPSA) is 87.3 Å². The maximum atomic E-state index is 12.3. The Balaban J connectivity index is 2.46. The number of rotatable bonds is 8. The monoisotopic (exact) mass is 375 g/mol. The molecule has 1 aromatic rings. The zero-order valence-electron chi connectivity index (χ0n) is 17.3. The van der Waals surface area contributed by atoms with E-state index >= 15 is 0 Å². The summed E-state index contributed by atoms with van der Waals surface area (Å²) >= 11 is 0. The van der Waals surface area contributed by atoms with E-state index in [2.05, 4.69) is 36.7 Å². The number of carbonyl (C=O) groups excluding carboxylic acids is 3. The molecule has 0 aromatic heterocycles. The first-order chi connectivity index (χ1) is 12.5. The standard InChI is InChI=1S/C21H33N3O3/c1-7-14(2)23-18(25)12-13-22-19(26)15(3)24-20(27)16-8-10-17(11-9-16)21(4,5)6/h8-11,14-15H,7,12-13H2,1-6H3,(H,22,26)(H,23,25)(H,24,27). The molecule has 3 amide bonds. The first-order valence-electron chi connectivity index (χ1n) is 9.53. The van der Waals surface area contributed by atoms with Crippen LogP contribution in [0.25, 0.3) is 0 Å². The lowest BCUT2D eigenvalue weighted by Gasteiger charge is -2.19. The van der Waals surface area contributed by atoms with E-state index in [0.29, 0.717) is 5.56 Å². The highest BCUT2D eigenvalue weighted by atomic mass is 16.2. The van der Waals surface area contributed by atoms with E-state index < -0.39 is 6.04 Å². The molecular weight excluding hydrogens is 342 g/mol. The van der Waals surface area contributed by atoms with Crippen LogP contribution in [0.5, 0.6) is 0 Å². The summed E-state index contributed by atoms with van der Waals surface area (Å²) in [7, 11) is 0. The maximum Gasteiger partial charge on any atom is 0.251 e. The molecule has 0 radical (unpaired) electrons. The van der Waals surface area contributed by atoms with Crippen LogP contribution in [0.4, 0.5) is 0 Å². The Labute approximate surface area is 162 Å². The third-order valence-corrected chi connectivity index (χ3v) is 4.43. The molecule has 0 saturated heterocycles. The molecule has 0 fully saturated rings. The molecule has 150 valence electrons. The Kier molecular flexibility index (Phi) is 8.47. The first-order valence-corrected chi connectivity index (χ1v) is 9.53. The molecule has 2 unspecified atom stereocenters. The Morgan fingerprint density at radius 1 is 1.00 bits per heavy atom. The SMILES string of the molecule is CCC(C)NC(=O)CCNC(=O)C(C)NC(=O)c1ccc(C(C)(C)C)cc1. The molecule has 1 aromatic carbocycles. The van der Waals surface area contributed by atoms with Crippen LogP contribution >= 0.6 is 0 Å². The zero-order valence-corrected chi connectivity index (χ0v) is 17.3. The van der Waals surface area contributed by atoms with Crippen molar-refractivity contribution < 1.29 is 14.4 Å². The van der Waals surface area contributed by atoms with Gasteiger partial charge in [-0.3, -0.25) is 14.4 Å². The molecule has 2 atom stereocenters. The minimum Gasteiger partial charge on any atom is -0.354 e. The van der Waals surface area contributed by atoms with Crippen molar-refractivity contribution in [1.82, 2.24) is 16.0 Å². The summed E-state index contributed by atoms with van der Waals surface area (Å²) in [4.78, 5) is 36.1. The molecule has 1 rings (SSSR count). The fourth-order valence-corrected chi connectivity index (χ4v) is 2.37. The van der Waals surface area contributed by atoms with Gasteiger partial charge >= 0.3 is 0 Å². The lowest BCUT2D eigenvalue weighted by atomic mass is 9.86. The summed E-state index contributed by atoms with van der Waals surface area (Å²) in [6.07, 6.45) is 1.07. The van der Waals surface area contributed by atoms with Crippen LogP contribution in [-0.2, 0) is 15.0 Å². The second-order valence-electron chi connectivity index (χ2n) is 7.94. The van der Waals surface area contributed by atoms with E-state index in [1.54, 1.807) is 19.1 Å². The minimum absolute atomic E-state index is 0.0173. The van der Waals surface area contributed by atoms with Crippen molar-refractivity contribution in [3.8, 4) is 0 Å². The van der Waals surface area contributed by atoms with E-state index in [1.807, 2.05) is 26.0 Å². The van der Waals surface area contributed by atoms with E-state index in [-0.39, 0.29) is 42.1 Å². The Bertz CT molecular complexity index is 648. The maximum absolute atomic E-state index is 12.3. The molecule has 6 nitrogen and oxygen atoms in total. The number of carbonyl (C=O) groups is 3. The number of nitrogens with one attached hydrogen (secondary N) is 3. The summed E-state index contributed by atoms with van der Waals surface area (Å²) < 4.78 is 0. The third kappa shape index (κ3) is 7.81. The molecule has 0 heterocycles. The van der Waals surface area contributed by atoms with Crippen LogP contribution in [0.3, 0.4) is 0 Å². The molecule has 27 heavy (non-hydrogen) atoms. The predicted molar refractivity (Wildman–Crippen MR) is 108 cm³/mol. The lowest BCUT2D eigenvalue weighted by Crippen LogP contribution is -2.45. The van der Waals surface area contributed by atoms with Crippen molar-refractivity contribution in [3.05, 3.63) is 35.4 Å². The van der Waals surface area contributed by atoms with Crippen molar-refractivity contribution in [3.63, 3.8) is 0 Å². The highest BCUT2D eigenvalue weighted by molar-refractivity contribution is 5.97. The number of amides is 3. The van der Waals surface area contributed by atoms with Gasteiger partial charge in [-0.05, 0) is 43.4 Å². The predicted octanol–water partition coefficient (Wildman–Crippen LogP) is 2.52.